The van der Waals surface area contributed by atoms with Crippen LogP contribution in [0.1, 0.15) is 16.7 Å². The summed E-state index contributed by atoms with van der Waals surface area (Å²) in [5.74, 6) is 1.40. The van der Waals surface area contributed by atoms with Crippen LogP contribution in [0.4, 0.5) is 0 Å². The van der Waals surface area contributed by atoms with Gasteiger partial charge in [-0.25, -0.2) is 4.98 Å². The minimum atomic E-state index is -1.50. The lowest BCUT2D eigenvalue weighted by molar-refractivity contribution is -0.277. The molecule has 2 aliphatic rings. The first-order valence-corrected chi connectivity index (χ1v) is 11.1. The highest BCUT2D eigenvalue weighted by Crippen LogP contribution is 2.32. The van der Waals surface area contributed by atoms with Crippen molar-refractivity contribution in [2.24, 2.45) is 0 Å². The normalized spacial score (nSPS) is 26.9. The first kappa shape index (κ1) is 22.1. The average molecular weight is 456 g/mol. The van der Waals surface area contributed by atoms with Crippen molar-refractivity contribution in [2.45, 2.75) is 57.0 Å². The zero-order valence-corrected chi connectivity index (χ0v) is 18.3. The average Bonchev–Trinajstić information content (AvgIpc) is 3.44. The number of hydrogen-bond donors (Lipinski definition) is 4. The standard InChI is InChI=1S/C24H28N2O7/c1-13-8-16-20(18(9-13)32-24-23(30)22(29)21(28)19(11-27)33-24)26(12-25-16)6-4-14-2-3-17-15(10-14)5-7-31-17/h2-3,8-10,12,19,21-24,27-30H,4-7,11H2,1H3/t19-,21-,22+,23-,24-/m1/s1. The van der Waals surface area contributed by atoms with E-state index < -0.39 is 37.3 Å². The van der Waals surface area contributed by atoms with Crippen LogP contribution in [-0.2, 0) is 24.1 Å². The molecule has 5 atom stereocenters. The minimum absolute atomic E-state index is 0.439. The fourth-order valence-corrected chi connectivity index (χ4v) is 4.50. The topological polar surface area (TPSA) is 126 Å². The number of nitrogens with zero attached hydrogens (tertiary/aromatic N) is 2. The summed E-state index contributed by atoms with van der Waals surface area (Å²) >= 11 is 0. The smallest absolute Gasteiger partial charge is 0.229 e. The number of aromatic nitrogens is 2. The van der Waals surface area contributed by atoms with Crippen molar-refractivity contribution >= 4 is 11.0 Å². The second-order valence-electron chi connectivity index (χ2n) is 8.67. The molecule has 9 nitrogen and oxygen atoms in total. The van der Waals surface area contributed by atoms with Gasteiger partial charge >= 0.3 is 0 Å². The lowest BCUT2D eigenvalue weighted by atomic mass is 9.99. The van der Waals surface area contributed by atoms with Gasteiger partial charge in [-0.2, -0.15) is 0 Å². The van der Waals surface area contributed by atoms with Gasteiger partial charge in [0.05, 0.1) is 25.1 Å². The number of fused-ring (bicyclic) bond motifs is 2. The molecule has 0 radical (unpaired) electrons. The molecule has 4 N–H and O–H groups in total. The molecule has 1 saturated heterocycles. The number of aryl methyl sites for hydroxylation is 3. The van der Waals surface area contributed by atoms with Crippen molar-refractivity contribution in [1.82, 2.24) is 9.55 Å². The van der Waals surface area contributed by atoms with E-state index in [-0.39, 0.29) is 0 Å². The van der Waals surface area contributed by atoms with Gasteiger partial charge in [0.1, 0.15) is 41.4 Å². The Kier molecular flexibility index (Phi) is 5.98. The summed E-state index contributed by atoms with van der Waals surface area (Å²) in [6.45, 7) is 2.77. The molecular weight excluding hydrogens is 428 g/mol. The molecule has 0 aliphatic carbocycles. The van der Waals surface area contributed by atoms with Gasteiger partial charge in [0.25, 0.3) is 0 Å². The number of rotatable bonds is 6. The Morgan fingerprint density at radius 2 is 1.97 bits per heavy atom. The fourth-order valence-electron chi connectivity index (χ4n) is 4.50. The highest BCUT2D eigenvalue weighted by Gasteiger charge is 2.45. The zero-order valence-electron chi connectivity index (χ0n) is 18.3. The van der Waals surface area contributed by atoms with Gasteiger partial charge in [0.15, 0.2) is 0 Å². The predicted octanol–water partition coefficient (Wildman–Crippen LogP) is 0.701. The van der Waals surface area contributed by atoms with E-state index in [2.05, 4.69) is 17.1 Å². The molecule has 176 valence electrons. The Bertz CT molecular complexity index is 1150. The number of aliphatic hydroxyl groups is 4. The van der Waals surface area contributed by atoms with Crippen LogP contribution in [0.25, 0.3) is 11.0 Å². The molecule has 0 bridgehead atoms. The van der Waals surface area contributed by atoms with Crippen LogP contribution in [-0.4, -0.2) is 73.9 Å². The Hall–Kier alpha value is -2.69. The molecular formula is C24H28N2O7. The molecule has 5 rings (SSSR count). The van der Waals surface area contributed by atoms with Crippen LogP contribution in [0.2, 0.25) is 0 Å². The predicted molar refractivity (Wildman–Crippen MR) is 118 cm³/mol. The Balaban J connectivity index is 1.40. The largest absolute Gasteiger partial charge is 0.493 e. The number of benzene rings is 2. The van der Waals surface area contributed by atoms with Crippen LogP contribution in [0, 0.1) is 6.92 Å². The second kappa shape index (κ2) is 8.92. The summed E-state index contributed by atoms with van der Waals surface area (Å²) in [5.41, 5.74) is 4.81. The van der Waals surface area contributed by atoms with Gasteiger partial charge in [-0.15, -0.1) is 0 Å². The molecule has 3 heterocycles. The monoisotopic (exact) mass is 456 g/mol. The fraction of sp³-hybridized carbons (Fsp3) is 0.458. The highest BCUT2D eigenvalue weighted by atomic mass is 16.7. The van der Waals surface area contributed by atoms with E-state index in [0.29, 0.717) is 12.3 Å². The first-order chi connectivity index (χ1) is 15.9. The van der Waals surface area contributed by atoms with Crippen LogP contribution in [0.5, 0.6) is 11.5 Å². The maximum atomic E-state index is 10.4. The van der Waals surface area contributed by atoms with Gasteiger partial charge in [-0.05, 0) is 48.2 Å². The summed E-state index contributed by atoms with van der Waals surface area (Å²) in [4.78, 5) is 4.51. The van der Waals surface area contributed by atoms with E-state index in [0.717, 1.165) is 41.8 Å². The molecule has 0 unspecified atom stereocenters. The van der Waals surface area contributed by atoms with E-state index >= 15 is 0 Å². The first-order valence-electron chi connectivity index (χ1n) is 11.1. The number of aliphatic hydroxyl groups excluding tert-OH is 4. The molecule has 0 amide bonds. The van der Waals surface area contributed by atoms with Crippen LogP contribution < -0.4 is 9.47 Å². The third-order valence-electron chi connectivity index (χ3n) is 6.31. The van der Waals surface area contributed by atoms with Gasteiger partial charge in [-0.3, -0.25) is 0 Å². The van der Waals surface area contributed by atoms with Crippen molar-refractivity contribution in [1.29, 1.82) is 0 Å². The summed E-state index contributed by atoms with van der Waals surface area (Å²) in [6, 6.07) is 10.0. The Morgan fingerprint density at radius 3 is 2.79 bits per heavy atom. The lowest BCUT2D eigenvalue weighted by Crippen LogP contribution is -2.60. The molecule has 9 heteroatoms. The molecule has 3 aromatic rings. The number of ether oxygens (including phenoxy) is 3. The lowest BCUT2D eigenvalue weighted by Gasteiger charge is -2.39. The summed E-state index contributed by atoms with van der Waals surface area (Å²) in [5, 5.41) is 40.0. The number of imidazole rings is 1. The summed E-state index contributed by atoms with van der Waals surface area (Å²) < 4.78 is 19.1. The summed E-state index contributed by atoms with van der Waals surface area (Å²) in [7, 11) is 0. The number of hydrogen-bond acceptors (Lipinski definition) is 8. The molecule has 33 heavy (non-hydrogen) atoms. The van der Waals surface area contributed by atoms with Crippen LogP contribution >= 0.6 is 0 Å². The molecule has 1 aromatic heterocycles. The minimum Gasteiger partial charge on any atom is -0.493 e. The zero-order chi connectivity index (χ0) is 23.1. The van der Waals surface area contributed by atoms with Gasteiger partial charge in [0, 0.05) is 13.0 Å². The van der Waals surface area contributed by atoms with E-state index in [1.807, 2.05) is 29.7 Å². The molecule has 2 aliphatic heterocycles. The molecule has 0 spiro atoms. The SMILES string of the molecule is Cc1cc(O[C@@H]2O[C@H](CO)[C@@H](O)[C@H](O)[C@H]2O)c2c(c1)ncn2CCc1ccc2c(c1)CCO2. The van der Waals surface area contributed by atoms with Gasteiger partial charge < -0.3 is 39.2 Å². The maximum Gasteiger partial charge on any atom is 0.229 e. The highest BCUT2D eigenvalue weighted by molar-refractivity contribution is 5.83. The molecule has 0 saturated carbocycles. The third-order valence-corrected chi connectivity index (χ3v) is 6.31. The second-order valence-corrected chi connectivity index (χ2v) is 8.67. The van der Waals surface area contributed by atoms with Crippen molar-refractivity contribution in [3.8, 4) is 11.5 Å². The molecule has 2 aromatic carbocycles. The van der Waals surface area contributed by atoms with Crippen LogP contribution in [0.3, 0.4) is 0 Å². The third kappa shape index (κ3) is 4.18. The van der Waals surface area contributed by atoms with Gasteiger partial charge in [-0.1, -0.05) is 12.1 Å². The van der Waals surface area contributed by atoms with Crippen molar-refractivity contribution in [3.05, 3.63) is 53.3 Å². The van der Waals surface area contributed by atoms with Gasteiger partial charge in [0.2, 0.25) is 6.29 Å². The maximum absolute atomic E-state index is 10.4. The van der Waals surface area contributed by atoms with E-state index in [1.165, 1.54) is 11.1 Å². The van der Waals surface area contributed by atoms with Crippen molar-refractivity contribution < 1.29 is 34.6 Å². The van der Waals surface area contributed by atoms with E-state index in [9.17, 15) is 20.4 Å². The van der Waals surface area contributed by atoms with Crippen molar-refractivity contribution in [2.75, 3.05) is 13.2 Å². The van der Waals surface area contributed by atoms with E-state index in [1.54, 1.807) is 6.33 Å². The molecule has 1 fully saturated rings. The Labute approximate surface area is 190 Å². The Morgan fingerprint density at radius 1 is 1.12 bits per heavy atom. The van der Waals surface area contributed by atoms with E-state index in [4.69, 9.17) is 14.2 Å². The van der Waals surface area contributed by atoms with Crippen molar-refractivity contribution in [3.63, 3.8) is 0 Å². The van der Waals surface area contributed by atoms with Crippen LogP contribution in [0.15, 0.2) is 36.7 Å². The summed E-state index contributed by atoms with van der Waals surface area (Å²) in [6.07, 6.45) is -3.27. The quantitative estimate of drug-likeness (QED) is 0.427.